The van der Waals surface area contributed by atoms with Gasteiger partial charge in [0.05, 0.1) is 5.56 Å². The molecule has 0 aliphatic heterocycles. The van der Waals surface area contributed by atoms with Gasteiger partial charge in [0.2, 0.25) is 0 Å². The SMILES string of the molecule is O=C(COC(=O)c1cc(Cl)nc(Cl)c1)NC12CC3CC(CC(C3)C1)C2. The Morgan fingerprint density at radius 1 is 1.08 bits per heavy atom. The van der Waals surface area contributed by atoms with Gasteiger partial charge in [0.25, 0.3) is 5.91 Å². The van der Waals surface area contributed by atoms with Crippen LogP contribution >= 0.6 is 23.2 Å². The number of carbonyl (C=O) groups is 2. The lowest BCUT2D eigenvalue weighted by molar-refractivity contribution is -0.130. The zero-order chi connectivity index (χ0) is 17.6. The topological polar surface area (TPSA) is 68.3 Å². The van der Waals surface area contributed by atoms with Crippen molar-refractivity contribution in [1.82, 2.24) is 10.3 Å². The fourth-order valence-corrected chi connectivity index (χ4v) is 5.85. The lowest BCUT2D eigenvalue weighted by atomic mass is 9.53. The molecule has 7 heteroatoms. The molecular weight excluding hydrogens is 363 g/mol. The maximum absolute atomic E-state index is 12.3. The van der Waals surface area contributed by atoms with E-state index in [0.29, 0.717) is 0 Å². The summed E-state index contributed by atoms with van der Waals surface area (Å²) < 4.78 is 5.12. The van der Waals surface area contributed by atoms with Crippen LogP contribution in [0, 0.1) is 17.8 Å². The molecule has 4 bridgehead atoms. The molecule has 1 N–H and O–H groups in total. The molecule has 1 amide bonds. The summed E-state index contributed by atoms with van der Waals surface area (Å²) in [5, 5.41) is 3.39. The Balaban J connectivity index is 1.34. The van der Waals surface area contributed by atoms with Crippen LogP contribution in [0.2, 0.25) is 10.3 Å². The zero-order valence-electron chi connectivity index (χ0n) is 13.8. The minimum atomic E-state index is -0.633. The first-order chi connectivity index (χ1) is 11.9. The van der Waals surface area contributed by atoms with E-state index in [1.54, 1.807) is 0 Å². The molecule has 0 atom stereocenters. The van der Waals surface area contributed by atoms with Gasteiger partial charge in [-0.3, -0.25) is 4.79 Å². The Labute approximate surface area is 156 Å². The first-order valence-corrected chi connectivity index (χ1v) is 9.48. The number of hydrogen-bond donors (Lipinski definition) is 1. The normalized spacial score (nSPS) is 32.5. The highest BCUT2D eigenvalue weighted by molar-refractivity contribution is 6.32. The first kappa shape index (κ1) is 17.1. The lowest BCUT2D eigenvalue weighted by Gasteiger charge is -2.56. The molecule has 0 aromatic carbocycles. The van der Waals surface area contributed by atoms with Crippen LogP contribution in [0.25, 0.3) is 0 Å². The number of hydrogen-bond acceptors (Lipinski definition) is 4. The van der Waals surface area contributed by atoms with Crippen molar-refractivity contribution in [2.75, 3.05) is 6.61 Å². The monoisotopic (exact) mass is 382 g/mol. The van der Waals surface area contributed by atoms with E-state index in [1.807, 2.05) is 0 Å². The Kier molecular flexibility index (Phi) is 4.40. The van der Waals surface area contributed by atoms with E-state index in [0.717, 1.165) is 37.0 Å². The summed E-state index contributed by atoms with van der Waals surface area (Å²) in [6.45, 7) is -0.294. The van der Waals surface area contributed by atoms with Crippen LogP contribution in [0.1, 0.15) is 48.9 Å². The second kappa shape index (κ2) is 6.44. The number of esters is 1. The van der Waals surface area contributed by atoms with E-state index in [1.165, 1.54) is 31.4 Å². The van der Waals surface area contributed by atoms with Crippen LogP contribution < -0.4 is 5.32 Å². The number of amides is 1. The van der Waals surface area contributed by atoms with Gasteiger partial charge in [-0.2, -0.15) is 0 Å². The maximum Gasteiger partial charge on any atom is 0.338 e. The maximum atomic E-state index is 12.3. The average molecular weight is 383 g/mol. The predicted octanol–water partition coefficient (Wildman–Crippen LogP) is 3.63. The summed E-state index contributed by atoms with van der Waals surface area (Å²) in [5.41, 5.74) is 0.106. The molecule has 1 aromatic rings. The minimum absolute atomic E-state index is 0.0818. The minimum Gasteiger partial charge on any atom is -0.452 e. The van der Waals surface area contributed by atoms with Crippen LogP contribution in [0.5, 0.6) is 0 Å². The highest BCUT2D eigenvalue weighted by Crippen LogP contribution is 2.55. The third-order valence-electron chi connectivity index (χ3n) is 5.78. The summed E-state index contributed by atoms with van der Waals surface area (Å²) in [5.74, 6) is 1.37. The van der Waals surface area contributed by atoms with Crippen molar-refractivity contribution in [2.45, 2.75) is 44.1 Å². The van der Waals surface area contributed by atoms with Crippen LogP contribution in [0.15, 0.2) is 12.1 Å². The second-order valence-corrected chi connectivity index (χ2v) is 8.60. The molecule has 0 spiro atoms. The van der Waals surface area contributed by atoms with Gasteiger partial charge in [0, 0.05) is 5.54 Å². The summed E-state index contributed by atoms with van der Waals surface area (Å²) in [7, 11) is 0. The molecule has 5 nitrogen and oxygen atoms in total. The molecule has 4 aliphatic carbocycles. The number of halogens is 2. The fraction of sp³-hybridized carbons (Fsp3) is 0.611. The number of pyridine rings is 1. The average Bonchev–Trinajstić information content (AvgIpc) is 2.49. The fourth-order valence-electron chi connectivity index (χ4n) is 5.39. The van der Waals surface area contributed by atoms with E-state index >= 15 is 0 Å². The largest absolute Gasteiger partial charge is 0.452 e. The Bertz CT molecular complexity index is 667. The molecule has 25 heavy (non-hydrogen) atoms. The van der Waals surface area contributed by atoms with Crippen molar-refractivity contribution >= 4 is 35.1 Å². The molecule has 4 aliphatic rings. The van der Waals surface area contributed by atoms with Gasteiger partial charge in [-0.25, -0.2) is 9.78 Å². The third-order valence-corrected chi connectivity index (χ3v) is 6.16. The first-order valence-electron chi connectivity index (χ1n) is 8.72. The van der Waals surface area contributed by atoms with Gasteiger partial charge < -0.3 is 10.1 Å². The molecule has 0 saturated heterocycles. The number of aromatic nitrogens is 1. The highest BCUT2D eigenvalue weighted by Gasteiger charge is 2.51. The van der Waals surface area contributed by atoms with E-state index < -0.39 is 5.97 Å². The predicted molar refractivity (Wildman–Crippen MR) is 93.6 cm³/mol. The van der Waals surface area contributed by atoms with Gasteiger partial charge in [-0.05, 0) is 68.4 Å². The van der Waals surface area contributed by atoms with Crippen molar-refractivity contribution in [3.05, 3.63) is 28.0 Å². The van der Waals surface area contributed by atoms with Gasteiger partial charge in [0.1, 0.15) is 10.3 Å². The zero-order valence-corrected chi connectivity index (χ0v) is 15.3. The van der Waals surface area contributed by atoms with Crippen molar-refractivity contribution in [2.24, 2.45) is 17.8 Å². The molecule has 0 radical (unpaired) electrons. The number of carbonyl (C=O) groups excluding carboxylic acids is 2. The molecular formula is C18H20Cl2N2O3. The smallest absolute Gasteiger partial charge is 0.338 e. The van der Waals surface area contributed by atoms with Crippen molar-refractivity contribution in [1.29, 1.82) is 0 Å². The Morgan fingerprint density at radius 2 is 1.60 bits per heavy atom. The molecule has 1 aromatic heterocycles. The third kappa shape index (κ3) is 3.63. The molecule has 4 saturated carbocycles. The number of ether oxygens (including phenoxy) is 1. The van der Waals surface area contributed by atoms with Gasteiger partial charge >= 0.3 is 5.97 Å². The molecule has 0 unspecified atom stereocenters. The van der Waals surface area contributed by atoms with Crippen LogP contribution in [0.4, 0.5) is 0 Å². The van der Waals surface area contributed by atoms with E-state index in [9.17, 15) is 9.59 Å². The number of rotatable bonds is 4. The van der Waals surface area contributed by atoms with Crippen LogP contribution in [-0.4, -0.2) is 29.0 Å². The van der Waals surface area contributed by atoms with Gasteiger partial charge in [0.15, 0.2) is 6.61 Å². The molecule has 4 fully saturated rings. The lowest BCUT2D eigenvalue weighted by Crippen LogP contribution is -2.60. The summed E-state index contributed by atoms with van der Waals surface area (Å²) in [6.07, 6.45) is 7.13. The summed E-state index contributed by atoms with van der Waals surface area (Å²) in [6, 6.07) is 2.74. The van der Waals surface area contributed by atoms with Crippen LogP contribution in [-0.2, 0) is 9.53 Å². The van der Waals surface area contributed by atoms with Crippen molar-refractivity contribution in [3.8, 4) is 0 Å². The van der Waals surface area contributed by atoms with Gasteiger partial charge in [-0.1, -0.05) is 23.2 Å². The standard InChI is InChI=1S/C18H20Cl2N2O3/c19-14-4-13(5-15(20)21-14)17(24)25-9-16(23)22-18-6-10-1-11(7-18)3-12(2-10)8-18/h4-5,10-12H,1-3,6-9H2,(H,22,23). The quantitative estimate of drug-likeness (QED) is 0.637. The van der Waals surface area contributed by atoms with Crippen molar-refractivity contribution in [3.63, 3.8) is 0 Å². The van der Waals surface area contributed by atoms with Gasteiger partial charge in [-0.15, -0.1) is 0 Å². The number of nitrogens with one attached hydrogen (secondary N) is 1. The Hall–Kier alpha value is -1.33. The Morgan fingerprint density at radius 3 is 2.12 bits per heavy atom. The second-order valence-electron chi connectivity index (χ2n) is 7.82. The molecule has 5 rings (SSSR count). The molecule has 1 heterocycles. The van der Waals surface area contributed by atoms with E-state index in [-0.39, 0.29) is 33.9 Å². The summed E-state index contributed by atoms with van der Waals surface area (Å²) in [4.78, 5) is 28.2. The van der Waals surface area contributed by atoms with E-state index in [2.05, 4.69) is 10.3 Å². The molecule has 134 valence electrons. The summed E-state index contributed by atoms with van der Waals surface area (Å²) >= 11 is 11.6. The van der Waals surface area contributed by atoms with Crippen LogP contribution in [0.3, 0.4) is 0 Å². The van der Waals surface area contributed by atoms with Crippen molar-refractivity contribution < 1.29 is 14.3 Å². The number of nitrogens with zero attached hydrogens (tertiary/aromatic N) is 1. The highest BCUT2D eigenvalue weighted by atomic mass is 35.5. The van der Waals surface area contributed by atoms with E-state index in [4.69, 9.17) is 27.9 Å².